The molecule has 0 unspecified atom stereocenters. The van der Waals surface area contributed by atoms with Crippen LogP contribution in [0.5, 0.6) is 0 Å². The third kappa shape index (κ3) is 8.17. The van der Waals surface area contributed by atoms with E-state index in [1.54, 1.807) is 19.1 Å². The van der Waals surface area contributed by atoms with E-state index in [2.05, 4.69) is 13.2 Å². The molecular weight excluding hydrogens is 220 g/mol. The molecule has 0 aliphatic rings. The van der Waals surface area contributed by atoms with E-state index in [4.69, 9.17) is 5.11 Å². The molecular formula is C17H22O. The first-order valence-corrected chi connectivity index (χ1v) is 6.02. The molecule has 0 fully saturated rings. The van der Waals surface area contributed by atoms with Gasteiger partial charge >= 0.3 is 0 Å². The molecule has 1 aromatic carbocycles. The second kappa shape index (κ2) is 10.2. The van der Waals surface area contributed by atoms with Crippen molar-refractivity contribution < 1.29 is 5.11 Å². The summed E-state index contributed by atoms with van der Waals surface area (Å²) in [6, 6.07) is 10.0. The molecule has 0 heterocycles. The SMILES string of the molecule is C=C(/C=C\C(O)=C/C)CC.C=Cc1ccccc1. The first-order chi connectivity index (χ1) is 8.63. The van der Waals surface area contributed by atoms with Gasteiger partial charge in [0.05, 0.1) is 0 Å². The van der Waals surface area contributed by atoms with E-state index in [0.29, 0.717) is 0 Å². The quantitative estimate of drug-likeness (QED) is 0.561. The predicted molar refractivity (Wildman–Crippen MR) is 81.5 cm³/mol. The van der Waals surface area contributed by atoms with Crippen molar-refractivity contribution in [3.8, 4) is 0 Å². The summed E-state index contributed by atoms with van der Waals surface area (Å²) in [6.07, 6.45) is 7.86. The lowest BCUT2D eigenvalue weighted by atomic mass is 10.2. The second-order valence-electron chi connectivity index (χ2n) is 3.67. The molecule has 0 radical (unpaired) electrons. The van der Waals surface area contributed by atoms with E-state index in [-0.39, 0.29) is 5.76 Å². The van der Waals surface area contributed by atoms with Crippen LogP contribution in [0.15, 0.2) is 73.1 Å². The third-order valence-corrected chi connectivity index (χ3v) is 2.27. The van der Waals surface area contributed by atoms with Gasteiger partial charge in [0.2, 0.25) is 0 Å². The van der Waals surface area contributed by atoms with Crippen LogP contribution in [0.3, 0.4) is 0 Å². The minimum atomic E-state index is 0.287. The zero-order valence-electron chi connectivity index (χ0n) is 11.3. The van der Waals surface area contributed by atoms with E-state index >= 15 is 0 Å². The van der Waals surface area contributed by atoms with Crippen molar-refractivity contribution in [3.05, 3.63) is 78.6 Å². The lowest BCUT2D eigenvalue weighted by Gasteiger charge is -1.90. The van der Waals surface area contributed by atoms with Crippen LogP contribution < -0.4 is 0 Å². The molecule has 0 saturated carbocycles. The highest BCUT2D eigenvalue weighted by Gasteiger charge is 1.82. The van der Waals surface area contributed by atoms with E-state index in [0.717, 1.165) is 12.0 Å². The summed E-state index contributed by atoms with van der Waals surface area (Å²) in [7, 11) is 0. The normalized spacial score (nSPS) is 10.7. The van der Waals surface area contributed by atoms with Crippen LogP contribution in [-0.2, 0) is 0 Å². The Kier molecular flexibility index (Phi) is 9.01. The molecule has 1 N–H and O–H groups in total. The zero-order valence-corrected chi connectivity index (χ0v) is 11.3. The van der Waals surface area contributed by atoms with Crippen LogP contribution in [0.1, 0.15) is 25.8 Å². The number of hydrogen-bond donors (Lipinski definition) is 1. The largest absolute Gasteiger partial charge is 0.508 e. The van der Waals surface area contributed by atoms with Crippen molar-refractivity contribution in [2.45, 2.75) is 20.3 Å². The van der Waals surface area contributed by atoms with Crippen LogP contribution in [0.25, 0.3) is 6.08 Å². The predicted octanol–water partition coefficient (Wildman–Crippen LogP) is 5.30. The van der Waals surface area contributed by atoms with E-state index in [1.165, 1.54) is 5.56 Å². The van der Waals surface area contributed by atoms with Gasteiger partial charge in [-0.05, 0) is 31.1 Å². The van der Waals surface area contributed by atoms with Gasteiger partial charge in [-0.2, -0.15) is 0 Å². The Morgan fingerprint density at radius 2 is 1.83 bits per heavy atom. The molecule has 0 bridgehead atoms. The average molecular weight is 242 g/mol. The van der Waals surface area contributed by atoms with Crippen molar-refractivity contribution in [2.75, 3.05) is 0 Å². The molecule has 0 saturated heterocycles. The minimum absolute atomic E-state index is 0.287. The Bertz CT molecular complexity index is 410. The van der Waals surface area contributed by atoms with Gasteiger partial charge in [-0.3, -0.25) is 0 Å². The van der Waals surface area contributed by atoms with Crippen LogP contribution >= 0.6 is 0 Å². The third-order valence-electron chi connectivity index (χ3n) is 2.27. The summed E-state index contributed by atoms with van der Waals surface area (Å²) in [6.45, 7) is 11.2. The second-order valence-corrected chi connectivity index (χ2v) is 3.67. The zero-order chi connectivity index (χ0) is 13.8. The summed E-state index contributed by atoms with van der Waals surface area (Å²) < 4.78 is 0. The van der Waals surface area contributed by atoms with Gasteiger partial charge in [0.25, 0.3) is 0 Å². The van der Waals surface area contributed by atoms with Crippen molar-refractivity contribution >= 4 is 6.08 Å². The van der Waals surface area contributed by atoms with E-state index in [9.17, 15) is 0 Å². The lowest BCUT2D eigenvalue weighted by Crippen LogP contribution is -1.73. The maximum atomic E-state index is 8.94. The van der Waals surface area contributed by atoms with Gasteiger partial charge in [-0.1, -0.05) is 68.1 Å². The van der Waals surface area contributed by atoms with Gasteiger partial charge in [0.1, 0.15) is 5.76 Å². The van der Waals surface area contributed by atoms with Gasteiger partial charge < -0.3 is 5.11 Å². The van der Waals surface area contributed by atoms with Gasteiger partial charge in [-0.25, -0.2) is 0 Å². The van der Waals surface area contributed by atoms with Gasteiger partial charge in [-0.15, -0.1) is 0 Å². The molecule has 1 heteroatoms. The smallest absolute Gasteiger partial charge is 0.111 e. The van der Waals surface area contributed by atoms with Crippen molar-refractivity contribution in [1.29, 1.82) is 0 Å². The average Bonchev–Trinajstić information content (AvgIpc) is 2.45. The summed E-state index contributed by atoms with van der Waals surface area (Å²) in [4.78, 5) is 0. The molecule has 1 rings (SSSR count). The summed E-state index contributed by atoms with van der Waals surface area (Å²) in [5.41, 5.74) is 2.20. The Morgan fingerprint density at radius 3 is 2.22 bits per heavy atom. The monoisotopic (exact) mass is 242 g/mol. The van der Waals surface area contributed by atoms with E-state index < -0.39 is 0 Å². The number of hydrogen-bond acceptors (Lipinski definition) is 1. The maximum Gasteiger partial charge on any atom is 0.111 e. The van der Waals surface area contributed by atoms with Crippen LogP contribution in [0, 0.1) is 0 Å². The number of rotatable bonds is 4. The Hall–Kier alpha value is -2.02. The number of allylic oxidation sites excluding steroid dienone is 4. The number of aliphatic hydroxyl groups excluding tert-OH is 1. The number of aliphatic hydroxyl groups is 1. The van der Waals surface area contributed by atoms with Crippen molar-refractivity contribution in [2.24, 2.45) is 0 Å². The first kappa shape index (κ1) is 16.0. The lowest BCUT2D eigenvalue weighted by molar-refractivity contribution is 0.431. The molecule has 1 nitrogen and oxygen atoms in total. The summed E-state index contributed by atoms with van der Waals surface area (Å²) in [5, 5.41) is 8.94. The molecule has 1 aromatic rings. The standard InChI is InChI=1S/C9H14O.C8H8/c1-4-8(3)6-7-9(10)5-2;1-2-8-6-4-3-5-7-8/h5-7,10H,3-4H2,1-2H3;2-7H,1H2/b7-6-,9-5+;. The van der Waals surface area contributed by atoms with Gasteiger partial charge in [0.15, 0.2) is 0 Å². The Labute approximate surface area is 110 Å². The van der Waals surface area contributed by atoms with Crippen molar-refractivity contribution in [3.63, 3.8) is 0 Å². The highest BCUT2D eigenvalue weighted by atomic mass is 16.3. The highest BCUT2D eigenvalue weighted by molar-refractivity contribution is 5.45. The maximum absolute atomic E-state index is 8.94. The molecule has 0 spiro atoms. The highest BCUT2D eigenvalue weighted by Crippen LogP contribution is 2.00. The summed E-state index contributed by atoms with van der Waals surface area (Å²) >= 11 is 0. The molecule has 0 atom stereocenters. The molecule has 96 valence electrons. The molecule has 0 aliphatic carbocycles. The number of benzene rings is 1. The first-order valence-electron chi connectivity index (χ1n) is 6.02. The van der Waals surface area contributed by atoms with Crippen LogP contribution in [0.4, 0.5) is 0 Å². The topological polar surface area (TPSA) is 20.2 Å². The fourth-order valence-electron chi connectivity index (χ4n) is 1.01. The van der Waals surface area contributed by atoms with E-state index in [1.807, 2.05) is 49.4 Å². The Balaban J connectivity index is 0.000000327. The summed E-state index contributed by atoms with van der Waals surface area (Å²) in [5.74, 6) is 0.287. The fraction of sp³-hybridized carbons (Fsp3) is 0.176. The molecule has 0 amide bonds. The van der Waals surface area contributed by atoms with Gasteiger partial charge in [0, 0.05) is 0 Å². The van der Waals surface area contributed by atoms with Crippen LogP contribution in [0.2, 0.25) is 0 Å². The molecule has 0 aliphatic heterocycles. The molecule has 0 aromatic heterocycles. The minimum Gasteiger partial charge on any atom is -0.508 e. The van der Waals surface area contributed by atoms with Crippen LogP contribution in [-0.4, -0.2) is 5.11 Å². The fourth-order valence-corrected chi connectivity index (χ4v) is 1.01. The molecule has 18 heavy (non-hydrogen) atoms. The van der Waals surface area contributed by atoms with Crippen molar-refractivity contribution in [1.82, 2.24) is 0 Å². The Morgan fingerprint density at radius 1 is 1.22 bits per heavy atom.